The van der Waals surface area contributed by atoms with E-state index in [0.717, 1.165) is 42.3 Å². The van der Waals surface area contributed by atoms with Crippen LogP contribution in [0.3, 0.4) is 0 Å². The molecule has 0 saturated carbocycles. The van der Waals surface area contributed by atoms with Gasteiger partial charge in [0.05, 0.1) is 12.1 Å². The number of ether oxygens (including phenoxy) is 2. The van der Waals surface area contributed by atoms with E-state index in [1.54, 1.807) is 0 Å². The summed E-state index contributed by atoms with van der Waals surface area (Å²) in [5.41, 5.74) is 2.04. The van der Waals surface area contributed by atoms with Crippen molar-refractivity contribution in [2.75, 3.05) is 24.7 Å². The number of hydrogen-bond donors (Lipinski definition) is 0. The highest BCUT2D eigenvalue weighted by Gasteiger charge is 2.49. The Kier molecular flexibility index (Phi) is 3.80. The lowest BCUT2D eigenvalue weighted by Crippen LogP contribution is -2.50. The van der Waals surface area contributed by atoms with Crippen LogP contribution < -0.4 is 14.4 Å². The van der Waals surface area contributed by atoms with Crippen LogP contribution in [0.25, 0.3) is 0 Å². The fraction of sp³-hybridized carbons (Fsp3) is 0.350. The van der Waals surface area contributed by atoms with Crippen LogP contribution in [0.4, 0.5) is 5.69 Å². The number of fused-ring (bicyclic) bond motifs is 3. The SMILES string of the molecule is O=C1[C@@H]2C[C@@H](CN2Cc2ccc3c(c2)OCCO3)N1c1cccc(Cl)c1. The second kappa shape index (κ2) is 6.18. The second-order valence-corrected chi connectivity index (χ2v) is 7.44. The number of rotatable bonds is 3. The molecule has 0 radical (unpaired) electrons. The van der Waals surface area contributed by atoms with Gasteiger partial charge in [-0.15, -0.1) is 0 Å². The van der Waals surface area contributed by atoms with Gasteiger partial charge >= 0.3 is 0 Å². The van der Waals surface area contributed by atoms with Gasteiger partial charge in [-0.05, 0) is 42.3 Å². The maximum Gasteiger partial charge on any atom is 0.244 e. The van der Waals surface area contributed by atoms with Gasteiger partial charge in [-0.3, -0.25) is 9.69 Å². The van der Waals surface area contributed by atoms with E-state index in [4.69, 9.17) is 21.1 Å². The first-order valence-electron chi connectivity index (χ1n) is 8.90. The van der Waals surface area contributed by atoms with E-state index >= 15 is 0 Å². The molecule has 1 amide bonds. The summed E-state index contributed by atoms with van der Waals surface area (Å²) in [6.45, 7) is 2.79. The number of nitrogens with zero attached hydrogens (tertiary/aromatic N) is 2. The van der Waals surface area contributed by atoms with Gasteiger partial charge in [-0.2, -0.15) is 0 Å². The molecule has 0 aliphatic carbocycles. The molecule has 26 heavy (non-hydrogen) atoms. The van der Waals surface area contributed by atoms with Crippen LogP contribution >= 0.6 is 11.6 Å². The number of piperazine rings is 1. The van der Waals surface area contributed by atoms with Crippen molar-refractivity contribution in [3.63, 3.8) is 0 Å². The minimum atomic E-state index is -0.0628. The maximum absolute atomic E-state index is 12.9. The smallest absolute Gasteiger partial charge is 0.244 e. The Hall–Kier alpha value is -2.24. The lowest BCUT2D eigenvalue weighted by Gasteiger charge is -2.34. The predicted octanol–water partition coefficient (Wildman–Crippen LogP) is 3.10. The first-order valence-corrected chi connectivity index (χ1v) is 9.28. The maximum atomic E-state index is 12.9. The number of likely N-dealkylation sites (tertiary alicyclic amines) is 1. The lowest BCUT2D eigenvalue weighted by atomic mass is 10.1. The normalized spacial score (nSPS) is 24.3. The zero-order valence-corrected chi connectivity index (χ0v) is 15.0. The molecule has 2 saturated heterocycles. The summed E-state index contributed by atoms with van der Waals surface area (Å²) in [6, 6.07) is 13.7. The van der Waals surface area contributed by atoms with Crippen molar-refractivity contribution < 1.29 is 14.3 Å². The van der Waals surface area contributed by atoms with Gasteiger partial charge < -0.3 is 14.4 Å². The average molecular weight is 371 g/mol. The minimum absolute atomic E-state index is 0.0628. The van der Waals surface area contributed by atoms with Gasteiger partial charge in [0, 0.05) is 23.8 Å². The largest absolute Gasteiger partial charge is 0.486 e. The standard InChI is InChI=1S/C20H19ClN2O3/c21-14-2-1-3-15(9-14)23-16-10-17(20(23)24)22(12-16)11-13-4-5-18-19(8-13)26-7-6-25-18/h1-5,8-9,16-17H,6-7,10-12H2/t16-,17-/m0/s1. The van der Waals surface area contributed by atoms with Crippen molar-refractivity contribution in [3.8, 4) is 11.5 Å². The quantitative estimate of drug-likeness (QED) is 0.832. The van der Waals surface area contributed by atoms with Crippen LogP contribution in [-0.2, 0) is 11.3 Å². The van der Waals surface area contributed by atoms with Gasteiger partial charge in [0.2, 0.25) is 5.91 Å². The van der Waals surface area contributed by atoms with Gasteiger partial charge in [0.25, 0.3) is 0 Å². The van der Waals surface area contributed by atoms with Crippen LogP contribution in [0.5, 0.6) is 11.5 Å². The fourth-order valence-corrected chi connectivity index (χ4v) is 4.41. The van der Waals surface area contributed by atoms with Crippen LogP contribution in [0.15, 0.2) is 42.5 Å². The van der Waals surface area contributed by atoms with Crippen molar-refractivity contribution in [2.24, 2.45) is 0 Å². The minimum Gasteiger partial charge on any atom is -0.486 e. The molecule has 2 aromatic rings. The van der Waals surface area contributed by atoms with E-state index in [1.165, 1.54) is 0 Å². The fourth-order valence-electron chi connectivity index (χ4n) is 4.22. The van der Waals surface area contributed by atoms with Crippen LogP contribution in [0, 0.1) is 0 Å². The molecule has 2 bridgehead atoms. The van der Waals surface area contributed by atoms with Crippen LogP contribution in [-0.4, -0.2) is 42.6 Å². The van der Waals surface area contributed by atoms with E-state index in [1.807, 2.05) is 41.3 Å². The predicted molar refractivity (Wildman–Crippen MR) is 99.0 cm³/mol. The second-order valence-electron chi connectivity index (χ2n) is 7.00. The van der Waals surface area contributed by atoms with Gasteiger partial charge in [0.15, 0.2) is 11.5 Å². The monoisotopic (exact) mass is 370 g/mol. The third kappa shape index (κ3) is 2.63. The molecule has 3 aliphatic heterocycles. The van der Waals surface area contributed by atoms with E-state index < -0.39 is 0 Å². The first-order chi connectivity index (χ1) is 12.7. The highest BCUT2D eigenvalue weighted by atomic mass is 35.5. The molecular formula is C20H19ClN2O3. The summed E-state index contributed by atoms with van der Waals surface area (Å²) in [7, 11) is 0. The molecule has 134 valence electrons. The molecule has 0 aromatic heterocycles. The first kappa shape index (κ1) is 16.0. The molecule has 2 aromatic carbocycles. The number of carbonyl (C=O) groups is 1. The topological polar surface area (TPSA) is 42.0 Å². The van der Waals surface area contributed by atoms with Crippen molar-refractivity contribution in [2.45, 2.75) is 25.0 Å². The number of amides is 1. The van der Waals surface area contributed by atoms with Gasteiger partial charge in [-0.1, -0.05) is 23.7 Å². The Balaban J connectivity index is 1.33. The Bertz CT molecular complexity index is 872. The van der Waals surface area contributed by atoms with E-state index in [9.17, 15) is 4.79 Å². The number of anilines is 1. The highest BCUT2D eigenvalue weighted by molar-refractivity contribution is 6.31. The lowest BCUT2D eigenvalue weighted by molar-refractivity contribution is -0.122. The van der Waals surface area contributed by atoms with Crippen molar-refractivity contribution >= 4 is 23.2 Å². The molecule has 5 rings (SSSR count). The molecule has 2 atom stereocenters. The Morgan fingerprint density at radius 2 is 1.92 bits per heavy atom. The molecule has 6 heteroatoms. The molecule has 2 fully saturated rings. The summed E-state index contributed by atoms with van der Waals surface area (Å²) in [6.07, 6.45) is 0.871. The molecule has 0 spiro atoms. The van der Waals surface area contributed by atoms with Crippen LogP contribution in [0.1, 0.15) is 12.0 Å². The Morgan fingerprint density at radius 1 is 1.08 bits per heavy atom. The number of halogens is 1. The Labute approximate surface area is 157 Å². The Morgan fingerprint density at radius 3 is 2.73 bits per heavy atom. The molecule has 3 heterocycles. The molecule has 0 N–H and O–H groups in total. The zero-order valence-electron chi connectivity index (χ0n) is 14.2. The van der Waals surface area contributed by atoms with Gasteiger partial charge in [-0.25, -0.2) is 0 Å². The summed E-state index contributed by atoms with van der Waals surface area (Å²) >= 11 is 6.10. The zero-order chi connectivity index (χ0) is 17.7. The van der Waals surface area contributed by atoms with Crippen molar-refractivity contribution in [1.82, 2.24) is 4.90 Å². The van der Waals surface area contributed by atoms with Crippen LogP contribution in [0.2, 0.25) is 5.02 Å². The van der Waals surface area contributed by atoms with E-state index in [2.05, 4.69) is 11.0 Å². The van der Waals surface area contributed by atoms with Crippen molar-refractivity contribution in [1.29, 1.82) is 0 Å². The summed E-state index contributed by atoms with van der Waals surface area (Å²) in [4.78, 5) is 17.1. The summed E-state index contributed by atoms with van der Waals surface area (Å²) in [5.74, 6) is 1.76. The van der Waals surface area contributed by atoms with Crippen molar-refractivity contribution in [3.05, 3.63) is 53.1 Å². The number of carbonyl (C=O) groups excluding carboxylic acids is 1. The molecule has 5 nitrogen and oxygen atoms in total. The number of benzene rings is 2. The van der Waals surface area contributed by atoms with E-state index in [-0.39, 0.29) is 18.0 Å². The molecule has 0 unspecified atom stereocenters. The average Bonchev–Trinajstić information content (AvgIpc) is 3.19. The third-order valence-electron chi connectivity index (χ3n) is 5.35. The summed E-state index contributed by atoms with van der Waals surface area (Å²) in [5, 5.41) is 0.659. The van der Waals surface area contributed by atoms with Gasteiger partial charge in [0.1, 0.15) is 13.2 Å². The number of hydrogen-bond acceptors (Lipinski definition) is 4. The summed E-state index contributed by atoms with van der Waals surface area (Å²) < 4.78 is 11.2. The third-order valence-corrected chi connectivity index (χ3v) is 5.58. The highest BCUT2D eigenvalue weighted by Crippen LogP contribution is 2.38. The van der Waals surface area contributed by atoms with E-state index in [0.29, 0.717) is 18.2 Å². The molecular weight excluding hydrogens is 352 g/mol. The molecule has 3 aliphatic rings.